The molecule has 0 amide bonds. The van der Waals surface area contributed by atoms with Crippen molar-refractivity contribution < 1.29 is 19.0 Å². The third-order valence-electron chi connectivity index (χ3n) is 4.55. The summed E-state index contributed by atoms with van der Waals surface area (Å²) in [6, 6.07) is 5.76. The molecule has 2 aliphatic rings. The van der Waals surface area contributed by atoms with E-state index in [-0.39, 0.29) is 17.3 Å². The predicted octanol–water partition coefficient (Wildman–Crippen LogP) is 2.77. The number of hydrogen-bond acceptors (Lipinski definition) is 4. The van der Waals surface area contributed by atoms with Gasteiger partial charge in [0.25, 0.3) is 0 Å². The van der Waals surface area contributed by atoms with Gasteiger partial charge in [-0.3, -0.25) is 4.79 Å². The molecule has 1 aromatic carbocycles. The van der Waals surface area contributed by atoms with Gasteiger partial charge in [-0.2, -0.15) is 0 Å². The molecule has 1 aromatic rings. The highest BCUT2D eigenvalue weighted by atomic mass is 16.6. The van der Waals surface area contributed by atoms with Crippen molar-refractivity contribution >= 4 is 5.78 Å². The van der Waals surface area contributed by atoms with E-state index in [0.717, 1.165) is 31.4 Å². The van der Waals surface area contributed by atoms with Crippen molar-refractivity contribution in [3.8, 4) is 5.75 Å². The topological polar surface area (TPSA) is 44.8 Å². The Morgan fingerprint density at radius 1 is 1.38 bits per heavy atom. The predicted molar refractivity (Wildman–Crippen MR) is 78.9 cm³/mol. The molecule has 114 valence electrons. The van der Waals surface area contributed by atoms with Crippen molar-refractivity contribution in [1.29, 1.82) is 0 Å². The number of aryl methyl sites for hydroxylation is 1. The Bertz CT molecular complexity index is 532. The smallest absolute Gasteiger partial charge is 0.169 e. The number of ketones is 1. The molecule has 0 bridgehead atoms. The van der Waals surface area contributed by atoms with E-state index in [1.165, 1.54) is 0 Å². The molecule has 0 N–H and O–H groups in total. The van der Waals surface area contributed by atoms with E-state index in [0.29, 0.717) is 24.5 Å². The van der Waals surface area contributed by atoms with Crippen LogP contribution in [0.25, 0.3) is 0 Å². The van der Waals surface area contributed by atoms with E-state index < -0.39 is 0 Å². The largest absolute Gasteiger partial charge is 0.496 e. The molecular formula is C17H22O4. The summed E-state index contributed by atoms with van der Waals surface area (Å²) in [5, 5.41) is 0. The lowest BCUT2D eigenvalue weighted by Gasteiger charge is -2.36. The van der Waals surface area contributed by atoms with E-state index in [1.54, 1.807) is 7.11 Å². The van der Waals surface area contributed by atoms with Crippen LogP contribution in [0.15, 0.2) is 18.2 Å². The fraction of sp³-hybridized carbons (Fsp3) is 0.588. The number of benzene rings is 1. The first-order valence-corrected chi connectivity index (χ1v) is 7.54. The van der Waals surface area contributed by atoms with E-state index in [9.17, 15) is 4.79 Å². The number of hydrogen-bond donors (Lipinski definition) is 0. The molecular weight excluding hydrogens is 268 g/mol. The number of Topliss-reactive ketones (excluding diaryl/α,β-unsaturated/α-hetero) is 1. The lowest BCUT2D eigenvalue weighted by molar-refractivity contribution is -0.0920. The minimum Gasteiger partial charge on any atom is -0.496 e. The highest BCUT2D eigenvalue weighted by Crippen LogP contribution is 2.38. The fourth-order valence-electron chi connectivity index (χ4n) is 3.35. The monoisotopic (exact) mass is 290 g/mol. The Morgan fingerprint density at radius 3 is 2.95 bits per heavy atom. The van der Waals surface area contributed by atoms with Gasteiger partial charge in [0.05, 0.1) is 24.9 Å². The lowest BCUT2D eigenvalue weighted by atomic mass is 9.81. The Hall–Kier alpha value is -1.39. The number of ether oxygens (including phenoxy) is 3. The van der Waals surface area contributed by atoms with Crippen molar-refractivity contribution in [2.45, 2.75) is 31.8 Å². The summed E-state index contributed by atoms with van der Waals surface area (Å²) in [5.41, 5.74) is 1.53. The molecule has 0 aromatic heterocycles. The Balaban J connectivity index is 1.83. The quantitative estimate of drug-likeness (QED) is 0.803. The highest BCUT2D eigenvalue weighted by molar-refractivity contribution is 6.00. The third kappa shape index (κ3) is 2.83. The maximum absolute atomic E-state index is 12.9. The molecule has 2 aliphatic heterocycles. The molecule has 2 saturated heterocycles. The van der Waals surface area contributed by atoms with Gasteiger partial charge in [0.1, 0.15) is 5.75 Å². The fourth-order valence-corrected chi connectivity index (χ4v) is 3.35. The van der Waals surface area contributed by atoms with Gasteiger partial charge in [-0.1, -0.05) is 11.6 Å². The first kappa shape index (κ1) is 14.5. The minimum atomic E-state index is -0.240. The summed E-state index contributed by atoms with van der Waals surface area (Å²) in [5.74, 6) is 0.829. The van der Waals surface area contributed by atoms with Gasteiger partial charge >= 0.3 is 0 Å². The Kier molecular flexibility index (Phi) is 4.00. The van der Waals surface area contributed by atoms with Crippen LogP contribution in [0, 0.1) is 12.8 Å². The Morgan fingerprint density at radius 2 is 2.24 bits per heavy atom. The van der Waals surface area contributed by atoms with Gasteiger partial charge in [0, 0.05) is 25.6 Å². The zero-order valence-electron chi connectivity index (χ0n) is 12.7. The van der Waals surface area contributed by atoms with Crippen molar-refractivity contribution in [2.75, 3.05) is 26.9 Å². The molecule has 4 heteroatoms. The minimum absolute atomic E-state index is 0.00356. The molecule has 0 radical (unpaired) electrons. The number of carbonyl (C=O) groups is 1. The summed E-state index contributed by atoms with van der Waals surface area (Å²) in [6.45, 7) is 3.97. The maximum Gasteiger partial charge on any atom is 0.169 e. The van der Waals surface area contributed by atoms with Crippen LogP contribution < -0.4 is 4.74 Å². The van der Waals surface area contributed by atoms with Crippen LogP contribution >= 0.6 is 0 Å². The second kappa shape index (κ2) is 5.78. The average Bonchev–Trinajstić information content (AvgIpc) is 2.94. The average molecular weight is 290 g/mol. The lowest BCUT2D eigenvalue weighted by Crippen LogP contribution is -2.42. The molecule has 21 heavy (non-hydrogen) atoms. The second-order valence-corrected chi connectivity index (χ2v) is 6.09. The molecule has 3 rings (SSSR count). The standard InChI is InChI=1S/C17H22O4/c1-12-3-4-15(19-2)14(9-12)16(18)13-5-7-21-17(10-13)6-8-20-11-17/h3-4,9,13H,5-8,10-11H2,1-2H3. The van der Waals surface area contributed by atoms with Crippen LogP contribution in [-0.4, -0.2) is 38.3 Å². The Labute approximate surface area is 125 Å². The number of methoxy groups -OCH3 is 1. The first-order chi connectivity index (χ1) is 10.1. The molecule has 2 unspecified atom stereocenters. The van der Waals surface area contributed by atoms with Gasteiger partial charge in [0.15, 0.2) is 5.78 Å². The van der Waals surface area contributed by atoms with Crippen LogP contribution in [0.4, 0.5) is 0 Å². The molecule has 2 atom stereocenters. The molecule has 4 nitrogen and oxygen atoms in total. The maximum atomic E-state index is 12.9. The molecule has 0 saturated carbocycles. The second-order valence-electron chi connectivity index (χ2n) is 6.09. The first-order valence-electron chi connectivity index (χ1n) is 7.54. The number of rotatable bonds is 3. The number of carbonyl (C=O) groups excluding carboxylic acids is 1. The van der Waals surface area contributed by atoms with Crippen LogP contribution in [-0.2, 0) is 9.47 Å². The summed E-state index contributed by atoms with van der Waals surface area (Å²) >= 11 is 0. The van der Waals surface area contributed by atoms with E-state index in [4.69, 9.17) is 14.2 Å². The molecule has 2 heterocycles. The van der Waals surface area contributed by atoms with E-state index in [2.05, 4.69) is 0 Å². The summed E-state index contributed by atoms with van der Waals surface area (Å²) < 4.78 is 16.7. The van der Waals surface area contributed by atoms with E-state index in [1.807, 2.05) is 25.1 Å². The molecule has 0 aliphatic carbocycles. The SMILES string of the molecule is COc1ccc(C)cc1C(=O)C1CCOC2(CCOC2)C1. The summed E-state index contributed by atoms with van der Waals surface area (Å²) in [7, 11) is 1.61. The van der Waals surface area contributed by atoms with Crippen molar-refractivity contribution in [3.05, 3.63) is 29.3 Å². The molecule has 2 fully saturated rings. The zero-order chi connectivity index (χ0) is 14.9. The van der Waals surface area contributed by atoms with Crippen LogP contribution in [0.1, 0.15) is 35.2 Å². The summed E-state index contributed by atoms with van der Waals surface area (Å²) in [4.78, 5) is 12.9. The van der Waals surface area contributed by atoms with Crippen LogP contribution in [0.3, 0.4) is 0 Å². The highest BCUT2D eigenvalue weighted by Gasteiger charge is 2.43. The normalized spacial score (nSPS) is 28.8. The van der Waals surface area contributed by atoms with E-state index >= 15 is 0 Å². The van der Waals surface area contributed by atoms with Gasteiger partial charge in [0.2, 0.25) is 0 Å². The molecule has 1 spiro atoms. The van der Waals surface area contributed by atoms with Crippen LogP contribution in [0.2, 0.25) is 0 Å². The van der Waals surface area contributed by atoms with Crippen molar-refractivity contribution in [2.24, 2.45) is 5.92 Å². The van der Waals surface area contributed by atoms with Gasteiger partial charge < -0.3 is 14.2 Å². The zero-order valence-corrected chi connectivity index (χ0v) is 12.7. The van der Waals surface area contributed by atoms with Crippen molar-refractivity contribution in [1.82, 2.24) is 0 Å². The van der Waals surface area contributed by atoms with Gasteiger partial charge in [-0.25, -0.2) is 0 Å². The van der Waals surface area contributed by atoms with Gasteiger partial charge in [-0.05, 0) is 31.9 Å². The van der Waals surface area contributed by atoms with Crippen molar-refractivity contribution in [3.63, 3.8) is 0 Å². The van der Waals surface area contributed by atoms with Crippen LogP contribution in [0.5, 0.6) is 5.75 Å². The summed E-state index contributed by atoms with van der Waals surface area (Å²) in [6.07, 6.45) is 2.42. The third-order valence-corrected chi connectivity index (χ3v) is 4.55. The van der Waals surface area contributed by atoms with Gasteiger partial charge in [-0.15, -0.1) is 0 Å².